The molecule has 0 aromatic carbocycles. The Hall–Kier alpha value is 0.700. The fourth-order valence-corrected chi connectivity index (χ4v) is 3.25. The molecule has 0 rings (SSSR count). The summed E-state index contributed by atoms with van der Waals surface area (Å²) >= 11 is 6.59. The molecular formula is C11H24S2. The van der Waals surface area contributed by atoms with Crippen molar-refractivity contribution in [2.24, 2.45) is 5.41 Å². The van der Waals surface area contributed by atoms with Gasteiger partial charge in [-0.05, 0) is 36.2 Å². The Balaban J connectivity index is 3.95. The van der Waals surface area contributed by atoms with Crippen LogP contribution >= 0.6 is 24.4 Å². The molecule has 0 fully saturated rings. The lowest BCUT2D eigenvalue weighted by molar-refractivity contribution is 0.357. The van der Waals surface area contributed by atoms with Crippen LogP contribution in [-0.2, 0) is 0 Å². The molecule has 0 saturated carbocycles. The average molecular weight is 220 g/mol. The molecule has 0 spiro atoms. The van der Waals surface area contributed by atoms with Gasteiger partial charge in [0.25, 0.3) is 0 Å². The Morgan fingerprint density at radius 1 is 1.23 bits per heavy atom. The van der Waals surface area contributed by atoms with E-state index in [2.05, 4.69) is 52.1 Å². The molecule has 0 N–H and O–H groups in total. The number of hydrogen-bond donors (Lipinski definition) is 1. The maximum Gasteiger partial charge on any atom is 0.00163 e. The Morgan fingerprint density at radius 2 is 1.77 bits per heavy atom. The van der Waals surface area contributed by atoms with Crippen LogP contribution in [0.3, 0.4) is 0 Å². The zero-order chi connectivity index (χ0) is 10.3. The van der Waals surface area contributed by atoms with Gasteiger partial charge in [0.05, 0.1) is 0 Å². The predicted octanol–water partition coefficient (Wildman–Crippen LogP) is 4.25. The van der Waals surface area contributed by atoms with Crippen molar-refractivity contribution >= 4 is 24.4 Å². The van der Waals surface area contributed by atoms with Crippen molar-refractivity contribution in [3.8, 4) is 0 Å². The molecule has 0 aliphatic rings. The van der Waals surface area contributed by atoms with Gasteiger partial charge in [-0.2, -0.15) is 24.4 Å². The van der Waals surface area contributed by atoms with Crippen LogP contribution in [0.25, 0.3) is 0 Å². The van der Waals surface area contributed by atoms with Gasteiger partial charge in [-0.25, -0.2) is 0 Å². The second-order valence-corrected chi connectivity index (χ2v) is 5.64. The Morgan fingerprint density at radius 3 is 2.08 bits per heavy atom. The van der Waals surface area contributed by atoms with Crippen molar-refractivity contribution in [1.29, 1.82) is 0 Å². The molecule has 0 nitrogen and oxygen atoms in total. The van der Waals surface area contributed by atoms with Crippen LogP contribution in [0.1, 0.15) is 47.0 Å². The molecular weight excluding hydrogens is 196 g/mol. The first-order valence-corrected chi connectivity index (χ1v) is 7.04. The van der Waals surface area contributed by atoms with E-state index in [4.69, 9.17) is 0 Å². The second-order valence-electron chi connectivity index (χ2n) is 3.90. The van der Waals surface area contributed by atoms with E-state index in [1.807, 2.05) is 0 Å². The summed E-state index contributed by atoms with van der Waals surface area (Å²) in [6.45, 7) is 9.16. The fraction of sp³-hybridized carbons (Fsp3) is 1.00. The topological polar surface area (TPSA) is 0 Å². The molecule has 0 amide bonds. The van der Waals surface area contributed by atoms with E-state index >= 15 is 0 Å². The maximum absolute atomic E-state index is 4.48. The van der Waals surface area contributed by atoms with Gasteiger partial charge < -0.3 is 0 Å². The van der Waals surface area contributed by atoms with Crippen molar-refractivity contribution < 1.29 is 0 Å². The minimum Gasteiger partial charge on any atom is -0.179 e. The number of rotatable bonds is 7. The highest BCUT2D eigenvalue weighted by Crippen LogP contribution is 2.33. The summed E-state index contributed by atoms with van der Waals surface area (Å²) in [5.74, 6) is 2.31. The van der Waals surface area contributed by atoms with Crippen LogP contribution in [-0.4, -0.2) is 16.8 Å². The highest BCUT2D eigenvalue weighted by molar-refractivity contribution is 7.99. The predicted molar refractivity (Wildman–Crippen MR) is 69.1 cm³/mol. The summed E-state index contributed by atoms with van der Waals surface area (Å²) < 4.78 is 0. The first-order chi connectivity index (χ1) is 6.14. The summed E-state index contributed by atoms with van der Waals surface area (Å²) in [6.07, 6.45) is 3.80. The molecule has 13 heavy (non-hydrogen) atoms. The van der Waals surface area contributed by atoms with Crippen LogP contribution in [0.4, 0.5) is 0 Å². The molecule has 0 aliphatic heterocycles. The zero-order valence-electron chi connectivity index (χ0n) is 9.47. The standard InChI is InChI=1S/C11H24S2/c1-5-10(4)13-9-11(6-2,7-3)8-12/h10,12H,5-9H2,1-4H3. The average Bonchev–Trinajstić information content (AvgIpc) is 2.20. The highest BCUT2D eigenvalue weighted by atomic mass is 32.2. The lowest BCUT2D eigenvalue weighted by Gasteiger charge is -2.30. The molecule has 80 valence electrons. The number of thioether (sulfide) groups is 1. The summed E-state index contributed by atoms with van der Waals surface area (Å²) in [5, 5.41) is 0.803. The Bertz CT molecular complexity index is 111. The van der Waals surface area contributed by atoms with Gasteiger partial charge in [0.15, 0.2) is 0 Å². The molecule has 0 aromatic heterocycles. The first kappa shape index (κ1) is 13.7. The Kier molecular flexibility index (Phi) is 7.43. The van der Waals surface area contributed by atoms with E-state index in [1.165, 1.54) is 25.0 Å². The molecule has 0 aliphatic carbocycles. The SMILES string of the molecule is CCC(C)SCC(CC)(CC)CS. The summed E-state index contributed by atoms with van der Waals surface area (Å²) in [7, 11) is 0. The molecule has 0 aromatic rings. The van der Waals surface area contributed by atoms with Crippen molar-refractivity contribution in [3.63, 3.8) is 0 Å². The van der Waals surface area contributed by atoms with Gasteiger partial charge >= 0.3 is 0 Å². The maximum atomic E-state index is 4.48. The zero-order valence-corrected chi connectivity index (χ0v) is 11.2. The third-order valence-electron chi connectivity index (χ3n) is 3.08. The van der Waals surface area contributed by atoms with Gasteiger partial charge in [-0.3, -0.25) is 0 Å². The monoisotopic (exact) mass is 220 g/mol. The normalized spacial score (nSPS) is 14.5. The minimum atomic E-state index is 0.483. The third kappa shape index (κ3) is 4.64. The van der Waals surface area contributed by atoms with E-state index in [0.29, 0.717) is 5.41 Å². The van der Waals surface area contributed by atoms with Crippen LogP contribution in [0.2, 0.25) is 0 Å². The van der Waals surface area contributed by atoms with Crippen molar-refractivity contribution in [2.45, 2.75) is 52.2 Å². The van der Waals surface area contributed by atoms with Crippen molar-refractivity contribution in [2.75, 3.05) is 11.5 Å². The molecule has 0 radical (unpaired) electrons. The molecule has 0 bridgehead atoms. The second kappa shape index (κ2) is 7.05. The lowest BCUT2D eigenvalue weighted by atomic mass is 9.87. The smallest absolute Gasteiger partial charge is 0.00163 e. The summed E-state index contributed by atoms with van der Waals surface area (Å²) in [5.41, 5.74) is 0.483. The van der Waals surface area contributed by atoms with E-state index in [-0.39, 0.29) is 0 Å². The first-order valence-electron chi connectivity index (χ1n) is 5.36. The van der Waals surface area contributed by atoms with Gasteiger partial charge in [-0.15, -0.1) is 0 Å². The van der Waals surface area contributed by atoms with Crippen LogP contribution in [0, 0.1) is 5.41 Å². The highest BCUT2D eigenvalue weighted by Gasteiger charge is 2.24. The number of hydrogen-bond acceptors (Lipinski definition) is 2. The lowest BCUT2D eigenvalue weighted by Crippen LogP contribution is -2.25. The van der Waals surface area contributed by atoms with E-state index in [0.717, 1.165) is 11.0 Å². The quantitative estimate of drug-likeness (QED) is 0.626. The van der Waals surface area contributed by atoms with Crippen LogP contribution in [0.5, 0.6) is 0 Å². The summed E-state index contributed by atoms with van der Waals surface area (Å²) in [4.78, 5) is 0. The van der Waals surface area contributed by atoms with E-state index in [1.54, 1.807) is 0 Å². The van der Waals surface area contributed by atoms with Crippen molar-refractivity contribution in [1.82, 2.24) is 0 Å². The van der Waals surface area contributed by atoms with Crippen LogP contribution < -0.4 is 0 Å². The minimum absolute atomic E-state index is 0.483. The summed E-state index contributed by atoms with van der Waals surface area (Å²) in [6, 6.07) is 0. The van der Waals surface area contributed by atoms with Gasteiger partial charge in [0, 0.05) is 5.25 Å². The molecule has 0 saturated heterocycles. The molecule has 1 atom stereocenters. The molecule has 0 heterocycles. The van der Waals surface area contributed by atoms with Crippen molar-refractivity contribution in [3.05, 3.63) is 0 Å². The van der Waals surface area contributed by atoms with E-state index in [9.17, 15) is 0 Å². The van der Waals surface area contributed by atoms with Gasteiger partial charge in [0.2, 0.25) is 0 Å². The third-order valence-corrected chi connectivity index (χ3v) is 5.44. The largest absolute Gasteiger partial charge is 0.179 e. The van der Waals surface area contributed by atoms with Crippen LogP contribution in [0.15, 0.2) is 0 Å². The Labute approximate surface area is 93.7 Å². The molecule has 2 heteroatoms. The van der Waals surface area contributed by atoms with Gasteiger partial charge in [0.1, 0.15) is 0 Å². The fourth-order valence-electron chi connectivity index (χ4n) is 1.16. The van der Waals surface area contributed by atoms with Gasteiger partial charge in [-0.1, -0.05) is 27.7 Å². The molecule has 1 unspecified atom stereocenters. The number of thiol groups is 1. The van der Waals surface area contributed by atoms with E-state index < -0.39 is 0 Å².